The molecule has 0 aliphatic rings. The van der Waals surface area contributed by atoms with Crippen molar-refractivity contribution in [2.75, 3.05) is 32.8 Å². The van der Waals surface area contributed by atoms with Gasteiger partial charge in [0, 0.05) is 23.5 Å². The highest BCUT2D eigenvalue weighted by Gasteiger charge is 2.36. The van der Waals surface area contributed by atoms with E-state index in [0.717, 1.165) is 28.2 Å². The van der Waals surface area contributed by atoms with Crippen LogP contribution in [0.2, 0.25) is 0 Å². The average Bonchev–Trinajstić information content (AvgIpc) is 2.80. The molecule has 1 heterocycles. The van der Waals surface area contributed by atoms with Crippen LogP contribution in [-0.4, -0.2) is 43.8 Å². The molecule has 2 aromatic carbocycles. The molecule has 0 amide bonds. The Morgan fingerprint density at radius 1 is 0.970 bits per heavy atom. The maximum Gasteiger partial charge on any atom is 0.318 e. The molecule has 33 heavy (non-hydrogen) atoms. The molecule has 0 fully saturated rings. The molecule has 1 aromatic heterocycles. The van der Waals surface area contributed by atoms with E-state index in [1.807, 2.05) is 74.3 Å². The van der Waals surface area contributed by atoms with Gasteiger partial charge >= 0.3 is 12.0 Å². The summed E-state index contributed by atoms with van der Waals surface area (Å²) in [6.45, 7) is 8.24. The average molecular weight is 452 g/mol. The summed E-state index contributed by atoms with van der Waals surface area (Å²) in [4.78, 5) is 23.5. The number of benzene rings is 2. The highest BCUT2D eigenvalue weighted by molar-refractivity contribution is 5.91. The van der Waals surface area contributed by atoms with Crippen molar-refractivity contribution in [1.82, 2.24) is 9.97 Å². The summed E-state index contributed by atoms with van der Waals surface area (Å²) in [5.41, 5.74) is 0.844. The van der Waals surface area contributed by atoms with Crippen molar-refractivity contribution in [3.63, 3.8) is 0 Å². The van der Waals surface area contributed by atoms with Gasteiger partial charge in [0.2, 0.25) is 0 Å². The molecule has 0 radical (unpaired) electrons. The second-order valence-electron chi connectivity index (χ2n) is 9.61. The summed E-state index contributed by atoms with van der Waals surface area (Å²) < 4.78 is 16.3. The first kappa shape index (κ1) is 24.3. The van der Waals surface area contributed by atoms with Gasteiger partial charge in [-0.2, -0.15) is 9.97 Å². The number of para-hydroxylation sites is 1. The van der Waals surface area contributed by atoms with E-state index < -0.39 is 5.41 Å². The number of rotatable bonds is 9. The van der Waals surface area contributed by atoms with Crippen LogP contribution in [0, 0.1) is 10.8 Å². The third kappa shape index (κ3) is 5.72. The molecule has 0 unspecified atom stereocenters. The first-order valence-corrected chi connectivity index (χ1v) is 10.9. The summed E-state index contributed by atoms with van der Waals surface area (Å²) in [6, 6.07) is 15.9. The van der Waals surface area contributed by atoms with Crippen LogP contribution in [0.15, 0.2) is 48.5 Å². The summed E-state index contributed by atoms with van der Waals surface area (Å²) in [6.07, 6.45) is 0.596. The molecular formula is C26H33N3O4. The van der Waals surface area contributed by atoms with E-state index in [1.165, 1.54) is 7.11 Å². The lowest BCUT2D eigenvalue weighted by molar-refractivity contribution is -0.152. The van der Waals surface area contributed by atoms with Crippen LogP contribution in [0.4, 0.5) is 11.5 Å². The summed E-state index contributed by atoms with van der Waals surface area (Å²) in [7, 11) is 5.02. The minimum atomic E-state index is -0.619. The second-order valence-corrected chi connectivity index (χ2v) is 9.61. The van der Waals surface area contributed by atoms with Crippen LogP contribution < -0.4 is 14.4 Å². The largest absolute Gasteiger partial charge is 0.497 e. The molecule has 7 heteroatoms. The van der Waals surface area contributed by atoms with Gasteiger partial charge in [-0.25, -0.2) is 0 Å². The van der Waals surface area contributed by atoms with Gasteiger partial charge in [-0.3, -0.25) is 4.79 Å². The number of fused-ring (bicyclic) bond motifs is 1. The maximum absolute atomic E-state index is 12.1. The lowest BCUT2D eigenvalue weighted by Crippen LogP contribution is -2.34. The SMILES string of the molecule is COC(=O)C(C)(C)CC(C)(C)COc1nc(N(C)c2ccc(OC)cc2)c2ccccc2n1. The Labute approximate surface area is 195 Å². The molecule has 0 atom stereocenters. The fourth-order valence-electron chi connectivity index (χ4n) is 4.14. The monoisotopic (exact) mass is 451 g/mol. The molecule has 0 aliphatic carbocycles. The zero-order valence-electron chi connectivity index (χ0n) is 20.5. The predicted molar refractivity (Wildman–Crippen MR) is 130 cm³/mol. The van der Waals surface area contributed by atoms with Gasteiger partial charge in [-0.15, -0.1) is 0 Å². The maximum atomic E-state index is 12.1. The summed E-state index contributed by atoms with van der Waals surface area (Å²) in [5.74, 6) is 1.30. The zero-order valence-corrected chi connectivity index (χ0v) is 20.5. The van der Waals surface area contributed by atoms with Crippen LogP contribution in [0.3, 0.4) is 0 Å². The molecule has 7 nitrogen and oxygen atoms in total. The lowest BCUT2D eigenvalue weighted by Gasteiger charge is -2.32. The van der Waals surface area contributed by atoms with Gasteiger partial charge < -0.3 is 19.1 Å². The predicted octanol–water partition coefficient (Wildman–Crippen LogP) is 5.40. The Balaban J connectivity index is 1.88. The van der Waals surface area contributed by atoms with Crippen molar-refractivity contribution in [2.24, 2.45) is 10.8 Å². The molecule has 0 N–H and O–H groups in total. The third-order valence-electron chi connectivity index (χ3n) is 5.59. The van der Waals surface area contributed by atoms with E-state index in [-0.39, 0.29) is 11.4 Å². The first-order chi connectivity index (χ1) is 15.6. The zero-order chi connectivity index (χ0) is 24.2. The van der Waals surface area contributed by atoms with Crippen LogP contribution in [0.5, 0.6) is 11.8 Å². The number of anilines is 2. The minimum absolute atomic E-state index is 0.235. The van der Waals surface area contributed by atoms with Crippen molar-refractivity contribution in [3.05, 3.63) is 48.5 Å². The van der Waals surface area contributed by atoms with Gasteiger partial charge in [0.25, 0.3) is 0 Å². The fourth-order valence-corrected chi connectivity index (χ4v) is 4.14. The van der Waals surface area contributed by atoms with Gasteiger partial charge in [0.05, 0.1) is 31.8 Å². The molecule has 3 rings (SSSR count). The smallest absolute Gasteiger partial charge is 0.318 e. The second kappa shape index (κ2) is 9.65. The number of esters is 1. The third-order valence-corrected chi connectivity index (χ3v) is 5.59. The number of carbonyl (C=O) groups is 1. The van der Waals surface area contributed by atoms with E-state index in [9.17, 15) is 4.79 Å². The highest BCUT2D eigenvalue weighted by Crippen LogP contribution is 2.36. The van der Waals surface area contributed by atoms with E-state index >= 15 is 0 Å². The van der Waals surface area contributed by atoms with E-state index in [4.69, 9.17) is 19.2 Å². The van der Waals surface area contributed by atoms with Crippen molar-refractivity contribution in [3.8, 4) is 11.8 Å². The van der Waals surface area contributed by atoms with Crippen LogP contribution in [0.1, 0.15) is 34.1 Å². The minimum Gasteiger partial charge on any atom is -0.497 e. The van der Waals surface area contributed by atoms with Crippen LogP contribution in [-0.2, 0) is 9.53 Å². The number of methoxy groups -OCH3 is 2. The van der Waals surface area contributed by atoms with Gasteiger partial charge in [0.15, 0.2) is 0 Å². The van der Waals surface area contributed by atoms with E-state index in [0.29, 0.717) is 19.0 Å². The van der Waals surface area contributed by atoms with E-state index in [2.05, 4.69) is 18.8 Å². The lowest BCUT2D eigenvalue weighted by atomic mass is 9.75. The number of carbonyl (C=O) groups excluding carboxylic acids is 1. The first-order valence-electron chi connectivity index (χ1n) is 10.9. The molecule has 0 spiro atoms. The van der Waals surface area contributed by atoms with Crippen molar-refractivity contribution in [1.29, 1.82) is 0 Å². The molecule has 3 aromatic rings. The molecule has 0 saturated carbocycles. The molecule has 0 bridgehead atoms. The topological polar surface area (TPSA) is 73.8 Å². The molecule has 0 aliphatic heterocycles. The molecular weight excluding hydrogens is 418 g/mol. The summed E-state index contributed by atoms with van der Waals surface area (Å²) in [5, 5.41) is 0.925. The van der Waals surface area contributed by atoms with Gasteiger partial charge in [-0.1, -0.05) is 26.0 Å². The van der Waals surface area contributed by atoms with Gasteiger partial charge in [0.1, 0.15) is 11.6 Å². The van der Waals surface area contributed by atoms with Crippen LogP contribution >= 0.6 is 0 Å². The normalized spacial score (nSPS) is 11.8. The Morgan fingerprint density at radius 2 is 1.64 bits per heavy atom. The Kier molecular flexibility index (Phi) is 7.10. The van der Waals surface area contributed by atoms with Gasteiger partial charge in [-0.05, 0) is 56.7 Å². The standard InChI is InChI=1S/C26H33N3O4/c1-25(2,16-26(3,4)23(30)32-7)17-33-24-27-21-11-9-8-10-20(21)22(28-24)29(5)18-12-14-19(31-6)15-13-18/h8-15H,16-17H2,1-7H3. The summed E-state index contributed by atoms with van der Waals surface area (Å²) >= 11 is 0. The fraction of sp³-hybridized carbons (Fsp3) is 0.423. The Morgan fingerprint density at radius 3 is 2.27 bits per heavy atom. The molecule has 0 saturated heterocycles. The van der Waals surface area contributed by atoms with Crippen LogP contribution in [0.25, 0.3) is 10.9 Å². The van der Waals surface area contributed by atoms with Crippen molar-refractivity contribution >= 4 is 28.4 Å². The Hall–Kier alpha value is -3.35. The Bertz CT molecular complexity index is 1110. The number of aromatic nitrogens is 2. The number of hydrogen-bond acceptors (Lipinski definition) is 7. The van der Waals surface area contributed by atoms with Crippen molar-refractivity contribution in [2.45, 2.75) is 34.1 Å². The van der Waals surface area contributed by atoms with E-state index in [1.54, 1.807) is 7.11 Å². The van der Waals surface area contributed by atoms with Crippen molar-refractivity contribution < 1.29 is 19.0 Å². The number of nitrogens with zero attached hydrogens (tertiary/aromatic N) is 3. The molecule has 176 valence electrons. The highest BCUT2D eigenvalue weighted by atomic mass is 16.5. The quantitative estimate of drug-likeness (QED) is 0.403. The number of ether oxygens (including phenoxy) is 3. The number of hydrogen-bond donors (Lipinski definition) is 0.